The topological polar surface area (TPSA) is 41.1 Å². The summed E-state index contributed by atoms with van der Waals surface area (Å²) in [5.74, 6) is 1.35. The van der Waals surface area contributed by atoms with Crippen LogP contribution in [-0.2, 0) is 4.79 Å². The van der Waals surface area contributed by atoms with Crippen LogP contribution in [0.25, 0.3) is 0 Å². The van der Waals surface area contributed by atoms with Gasteiger partial charge in [0.05, 0.1) is 0 Å². The minimum absolute atomic E-state index is 0.116. The van der Waals surface area contributed by atoms with Gasteiger partial charge >= 0.3 is 0 Å². The van der Waals surface area contributed by atoms with E-state index in [1.165, 1.54) is 0 Å². The zero-order chi connectivity index (χ0) is 10.7. The average Bonchev–Trinajstić information content (AvgIpc) is 1.98. The molecule has 2 N–H and O–H groups in total. The highest BCUT2D eigenvalue weighted by atomic mass is 16.1. The first-order chi connectivity index (χ1) is 6.52. The van der Waals surface area contributed by atoms with E-state index in [4.69, 9.17) is 0 Å². The van der Waals surface area contributed by atoms with Crippen molar-refractivity contribution in [3.05, 3.63) is 0 Å². The first kappa shape index (κ1) is 11.5. The Balaban J connectivity index is 2.31. The van der Waals surface area contributed by atoms with E-state index in [1.807, 2.05) is 6.92 Å². The fourth-order valence-corrected chi connectivity index (χ4v) is 1.44. The quantitative estimate of drug-likeness (QED) is 0.707. The molecule has 0 aromatic rings. The minimum atomic E-state index is 0.116. The average molecular weight is 198 g/mol. The minimum Gasteiger partial charge on any atom is -0.353 e. The van der Waals surface area contributed by atoms with Crippen molar-refractivity contribution in [3.8, 4) is 0 Å². The molecule has 1 saturated heterocycles. The number of carbonyl (C=O) groups is 1. The van der Waals surface area contributed by atoms with E-state index in [2.05, 4.69) is 31.4 Å². The van der Waals surface area contributed by atoms with Gasteiger partial charge in [-0.05, 0) is 12.8 Å². The summed E-state index contributed by atoms with van der Waals surface area (Å²) >= 11 is 0. The molecule has 0 aliphatic carbocycles. The number of hydrogen-bond acceptors (Lipinski definition) is 2. The molecule has 0 aromatic heterocycles. The Bertz CT molecular complexity index is 199. The summed E-state index contributed by atoms with van der Waals surface area (Å²) in [6, 6.07) is 0.310. The summed E-state index contributed by atoms with van der Waals surface area (Å²) < 4.78 is 0. The summed E-state index contributed by atoms with van der Waals surface area (Å²) in [7, 11) is 0. The molecule has 3 heteroatoms. The number of carbonyl (C=O) groups excluding carboxylic acids is 1. The molecule has 0 radical (unpaired) electrons. The molecule has 2 unspecified atom stereocenters. The lowest BCUT2D eigenvalue weighted by atomic mass is 9.93. The smallest absolute Gasteiger partial charge is 0.223 e. The van der Waals surface area contributed by atoms with Crippen LogP contribution in [0, 0.1) is 17.8 Å². The zero-order valence-electron chi connectivity index (χ0n) is 9.63. The van der Waals surface area contributed by atoms with Crippen LogP contribution >= 0.6 is 0 Å². The second kappa shape index (κ2) is 4.78. The number of amides is 1. The van der Waals surface area contributed by atoms with Crippen molar-refractivity contribution in [1.29, 1.82) is 0 Å². The van der Waals surface area contributed by atoms with E-state index in [0.717, 1.165) is 13.1 Å². The number of hydrogen-bond donors (Lipinski definition) is 2. The molecule has 1 heterocycles. The Hall–Kier alpha value is -0.570. The van der Waals surface area contributed by atoms with Crippen molar-refractivity contribution >= 4 is 5.91 Å². The van der Waals surface area contributed by atoms with Gasteiger partial charge in [0.1, 0.15) is 0 Å². The lowest BCUT2D eigenvalue weighted by molar-refractivity contribution is -0.126. The van der Waals surface area contributed by atoms with E-state index >= 15 is 0 Å². The van der Waals surface area contributed by atoms with Gasteiger partial charge in [0.25, 0.3) is 0 Å². The summed E-state index contributed by atoms with van der Waals surface area (Å²) in [6.07, 6.45) is 0. The van der Waals surface area contributed by atoms with Crippen LogP contribution in [0.3, 0.4) is 0 Å². The second-order valence-corrected chi connectivity index (χ2v) is 4.75. The Kier molecular flexibility index (Phi) is 3.93. The Labute approximate surface area is 86.6 Å². The fraction of sp³-hybridized carbons (Fsp3) is 0.909. The summed E-state index contributed by atoms with van der Waals surface area (Å²) in [4.78, 5) is 11.7. The van der Waals surface area contributed by atoms with Gasteiger partial charge in [-0.3, -0.25) is 4.79 Å². The Morgan fingerprint density at radius 3 is 2.21 bits per heavy atom. The van der Waals surface area contributed by atoms with Gasteiger partial charge in [0.2, 0.25) is 5.91 Å². The van der Waals surface area contributed by atoms with Gasteiger partial charge in [-0.25, -0.2) is 0 Å². The monoisotopic (exact) mass is 198 g/mol. The highest BCUT2D eigenvalue weighted by molar-refractivity contribution is 5.78. The molecule has 1 fully saturated rings. The fourth-order valence-electron chi connectivity index (χ4n) is 1.44. The highest BCUT2D eigenvalue weighted by Crippen LogP contribution is 2.13. The zero-order valence-corrected chi connectivity index (χ0v) is 9.63. The Morgan fingerprint density at radius 2 is 1.86 bits per heavy atom. The van der Waals surface area contributed by atoms with Gasteiger partial charge in [-0.2, -0.15) is 0 Å². The van der Waals surface area contributed by atoms with Crippen molar-refractivity contribution in [1.82, 2.24) is 10.6 Å². The van der Waals surface area contributed by atoms with Crippen LogP contribution in [0.5, 0.6) is 0 Å². The van der Waals surface area contributed by atoms with E-state index < -0.39 is 0 Å². The maximum Gasteiger partial charge on any atom is 0.223 e. The van der Waals surface area contributed by atoms with Gasteiger partial charge in [0.15, 0.2) is 0 Å². The van der Waals surface area contributed by atoms with Crippen LogP contribution in [-0.4, -0.2) is 25.0 Å². The molecule has 14 heavy (non-hydrogen) atoms. The van der Waals surface area contributed by atoms with Crippen molar-refractivity contribution < 1.29 is 4.79 Å². The van der Waals surface area contributed by atoms with Crippen molar-refractivity contribution in [2.24, 2.45) is 17.8 Å². The third kappa shape index (κ3) is 2.71. The van der Waals surface area contributed by atoms with Crippen LogP contribution in [0.1, 0.15) is 27.7 Å². The molecule has 0 bridgehead atoms. The van der Waals surface area contributed by atoms with Crippen LogP contribution < -0.4 is 10.6 Å². The Morgan fingerprint density at radius 1 is 1.29 bits per heavy atom. The van der Waals surface area contributed by atoms with E-state index in [9.17, 15) is 4.79 Å². The lowest BCUT2D eigenvalue weighted by Gasteiger charge is -2.33. The molecule has 0 saturated carbocycles. The molecule has 1 amide bonds. The second-order valence-electron chi connectivity index (χ2n) is 4.75. The summed E-state index contributed by atoms with van der Waals surface area (Å²) in [5, 5.41) is 6.30. The number of rotatable bonds is 4. The third-order valence-electron chi connectivity index (χ3n) is 3.30. The standard InChI is InChI=1S/C11H22N2O/c1-7(2)8(3)11(14)13-9(4)10-5-12-6-10/h7-10,12H,5-6H2,1-4H3,(H,13,14). The van der Waals surface area contributed by atoms with Gasteiger partial charge in [-0.15, -0.1) is 0 Å². The van der Waals surface area contributed by atoms with Gasteiger partial charge in [0, 0.05) is 31.0 Å². The van der Waals surface area contributed by atoms with Gasteiger partial charge < -0.3 is 10.6 Å². The molecular formula is C11H22N2O. The van der Waals surface area contributed by atoms with Gasteiger partial charge in [-0.1, -0.05) is 20.8 Å². The van der Waals surface area contributed by atoms with Crippen LogP contribution in [0.2, 0.25) is 0 Å². The lowest BCUT2D eigenvalue weighted by Crippen LogP contribution is -2.54. The number of nitrogens with one attached hydrogen (secondary N) is 2. The molecule has 0 aromatic carbocycles. The predicted molar refractivity (Wildman–Crippen MR) is 58.0 cm³/mol. The third-order valence-corrected chi connectivity index (χ3v) is 3.30. The molecule has 82 valence electrons. The van der Waals surface area contributed by atoms with Crippen molar-refractivity contribution in [3.63, 3.8) is 0 Å². The largest absolute Gasteiger partial charge is 0.353 e. The van der Waals surface area contributed by atoms with E-state index in [-0.39, 0.29) is 11.8 Å². The van der Waals surface area contributed by atoms with Crippen molar-refractivity contribution in [2.75, 3.05) is 13.1 Å². The normalized spacial score (nSPS) is 21.5. The SMILES string of the molecule is CC(C)C(C)C(=O)NC(C)C1CNC1. The molecular weight excluding hydrogens is 176 g/mol. The summed E-state index contributed by atoms with van der Waals surface area (Å²) in [5.41, 5.74) is 0. The molecule has 0 spiro atoms. The first-order valence-electron chi connectivity index (χ1n) is 5.53. The summed E-state index contributed by atoms with van der Waals surface area (Å²) in [6.45, 7) is 10.3. The maximum absolute atomic E-state index is 11.7. The van der Waals surface area contributed by atoms with Crippen LogP contribution in [0.4, 0.5) is 0 Å². The highest BCUT2D eigenvalue weighted by Gasteiger charge is 2.26. The van der Waals surface area contributed by atoms with Crippen molar-refractivity contribution in [2.45, 2.75) is 33.7 Å². The first-order valence-corrected chi connectivity index (χ1v) is 5.53. The predicted octanol–water partition coefficient (Wildman–Crippen LogP) is 1.00. The van der Waals surface area contributed by atoms with E-state index in [0.29, 0.717) is 17.9 Å². The molecule has 2 atom stereocenters. The molecule has 1 aliphatic rings. The molecule has 1 aliphatic heterocycles. The molecule has 3 nitrogen and oxygen atoms in total. The van der Waals surface area contributed by atoms with E-state index in [1.54, 1.807) is 0 Å². The van der Waals surface area contributed by atoms with Crippen LogP contribution in [0.15, 0.2) is 0 Å². The maximum atomic E-state index is 11.7. The molecule has 1 rings (SSSR count).